The first kappa shape index (κ1) is 14.8. The van der Waals surface area contributed by atoms with Gasteiger partial charge < -0.3 is 10.2 Å². The zero-order valence-corrected chi connectivity index (χ0v) is 12.4. The number of amides is 1. The van der Waals surface area contributed by atoms with Crippen molar-refractivity contribution in [3.8, 4) is 0 Å². The number of carbonyl (C=O) groups is 1. The number of hydrogen-bond acceptors (Lipinski definition) is 4. The summed E-state index contributed by atoms with van der Waals surface area (Å²) in [6.45, 7) is 0.466. The Kier molecular flexibility index (Phi) is 4.84. The van der Waals surface area contributed by atoms with Gasteiger partial charge in [0, 0.05) is 32.1 Å². The van der Waals surface area contributed by atoms with Gasteiger partial charge in [0.25, 0.3) is 0 Å². The molecule has 0 aromatic rings. The van der Waals surface area contributed by atoms with Gasteiger partial charge in [-0.25, -0.2) is 8.42 Å². The highest BCUT2D eigenvalue weighted by Gasteiger charge is 2.29. The second-order valence-corrected chi connectivity index (χ2v) is 7.99. The summed E-state index contributed by atoms with van der Waals surface area (Å²) >= 11 is 0. The molecule has 0 spiro atoms. The van der Waals surface area contributed by atoms with Gasteiger partial charge >= 0.3 is 0 Å². The van der Waals surface area contributed by atoms with E-state index < -0.39 is 9.84 Å². The van der Waals surface area contributed by atoms with Crippen LogP contribution in [0, 0.1) is 0 Å². The summed E-state index contributed by atoms with van der Waals surface area (Å²) in [5.41, 5.74) is 0. The minimum absolute atomic E-state index is 0.0708. The number of rotatable bonds is 3. The molecule has 2 aliphatic rings. The molecule has 1 aliphatic carbocycles. The van der Waals surface area contributed by atoms with Gasteiger partial charge in [-0.1, -0.05) is 19.3 Å². The maximum absolute atomic E-state index is 12.2. The van der Waals surface area contributed by atoms with Gasteiger partial charge in [0.1, 0.15) is 0 Å². The Morgan fingerprint density at radius 2 is 1.95 bits per heavy atom. The summed E-state index contributed by atoms with van der Waals surface area (Å²) in [4.78, 5) is 14.0. The topological polar surface area (TPSA) is 66.5 Å². The first-order valence-corrected chi connectivity index (χ1v) is 8.99. The number of nitrogens with one attached hydrogen (secondary N) is 1. The van der Waals surface area contributed by atoms with E-state index in [2.05, 4.69) is 5.32 Å². The van der Waals surface area contributed by atoms with Gasteiger partial charge in [0.2, 0.25) is 5.91 Å². The lowest BCUT2D eigenvalue weighted by Gasteiger charge is -2.33. The van der Waals surface area contributed by atoms with Crippen molar-refractivity contribution in [3.63, 3.8) is 0 Å². The van der Waals surface area contributed by atoms with Crippen LogP contribution in [0.2, 0.25) is 0 Å². The van der Waals surface area contributed by atoms with E-state index in [-0.39, 0.29) is 23.5 Å². The molecule has 1 N–H and O–H groups in total. The molecule has 5 nitrogen and oxygen atoms in total. The fourth-order valence-electron chi connectivity index (χ4n) is 3.03. The number of carbonyl (C=O) groups excluding carboxylic acids is 1. The second kappa shape index (κ2) is 6.22. The molecule has 1 amide bonds. The summed E-state index contributed by atoms with van der Waals surface area (Å²) < 4.78 is 23.1. The molecule has 0 bridgehead atoms. The molecule has 0 radical (unpaired) electrons. The third-order valence-electron chi connectivity index (χ3n) is 4.24. The van der Waals surface area contributed by atoms with Gasteiger partial charge in [-0.15, -0.1) is 0 Å². The van der Waals surface area contributed by atoms with Crippen LogP contribution in [0.5, 0.6) is 0 Å². The van der Waals surface area contributed by atoms with E-state index in [1.165, 1.54) is 19.3 Å². The minimum atomic E-state index is -2.96. The summed E-state index contributed by atoms with van der Waals surface area (Å²) in [6.07, 6.45) is 6.11. The second-order valence-electron chi connectivity index (χ2n) is 5.77. The normalized spacial score (nSPS) is 27.9. The predicted molar refractivity (Wildman–Crippen MR) is 74.7 cm³/mol. The molecule has 1 saturated carbocycles. The van der Waals surface area contributed by atoms with Crippen LogP contribution in [0.25, 0.3) is 0 Å². The molecule has 1 atom stereocenters. The number of nitrogens with zero attached hydrogens (tertiary/aromatic N) is 1. The lowest BCUT2D eigenvalue weighted by molar-refractivity contribution is -0.133. The number of hydrogen-bond donors (Lipinski definition) is 1. The van der Waals surface area contributed by atoms with Gasteiger partial charge in [-0.05, 0) is 12.8 Å². The molecule has 6 heteroatoms. The Hall–Kier alpha value is -0.620. The number of sulfone groups is 1. The maximum Gasteiger partial charge on any atom is 0.224 e. The van der Waals surface area contributed by atoms with E-state index >= 15 is 0 Å². The van der Waals surface area contributed by atoms with Crippen molar-refractivity contribution in [2.75, 3.05) is 25.1 Å². The van der Waals surface area contributed by atoms with Gasteiger partial charge in [-0.3, -0.25) is 4.79 Å². The predicted octanol–water partition coefficient (Wildman–Crippen LogP) is 0.554. The van der Waals surface area contributed by atoms with Crippen LogP contribution in [0.4, 0.5) is 0 Å². The Morgan fingerprint density at radius 1 is 1.26 bits per heavy atom. The lowest BCUT2D eigenvalue weighted by Crippen LogP contribution is -2.48. The molecular formula is C13H24N2O3S. The van der Waals surface area contributed by atoms with E-state index in [0.29, 0.717) is 19.0 Å². The Balaban J connectivity index is 1.86. The van der Waals surface area contributed by atoms with Gasteiger partial charge in [0.05, 0.1) is 11.5 Å². The smallest absolute Gasteiger partial charge is 0.224 e. The van der Waals surface area contributed by atoms with Crippen molar-refractivity contribution >= 4 is 15.7 Å². The van der Waals surface area contributed by atoms with Crippen LogP contribution in [-0.2, 0) is 14.6 Å². The Morgan fingerprint density at radius 3 is 2.58 bits per heavy atom. The van der Waals surface area contributed by atoms with E-state index in [1.807, 2.05) is 11.9 Å². The average molecular weight is 288 g/mol. The monoisotopic (exact) mass is 288 g/mol. The summed E-state index contributed by atoms with van der Waals surface area (Å²) in [5, 5.41) is 3.14. The largest absolute Gasteiger partial charge is 0.343 e. The van der Waals surface area contributed by atoms with Crippen molar-refractivity contribution in [1.82, 2.24) is 10.2 Å². The Labute approximate surface area is 115 Å². The SMILES string of the molecule is CN(C(=O)CC1CS(=O)(=O)CCN1)C1CCCCC1. The molecule has 0 aromatic carbocycles. The van der Waals surface area contributed by atoms with Crippen LogP contribution in [0.3, 0.4) is 0 Å². The Bertz CT molecular complexity index is 416. The quantitative estimate of drug-likeness (QED) is 0.824. The summed E-state index contributed by atoms with van der Waals surface area (Å²) in [6, 6.07) is 0.138. The lowest BCUT2D eigenvalue weighted by atomic mass is 9.94. The van der Waals surface area contributed by atoms with E-state index in [4.69, 9.17) is 0 Å². The van der Waals surface area contributed by atoms with Crippen LogP contribution >= 0.6 is 0 Å². The highest BCUT2D eigenvalue weighted by atomic mass is 32.2. The zero-order valence-electron chi connectivity index (χ0n) is 11.6. The molecule has 1 aliphatic heterocycles. The maximum atomic E-state index is 12.2. The zero-order chi connectivity index (χ0) is 13.9. The van der Waals surface area contributed by atoms with Crippen LogP contribution in [0.15, 0.2) is 0 Å². The highest BCUT2D eigenvalue weighted by Crippen LogP contribution is 2.22. The fraction of sp³-hybridized carbons (Fsp3) is 0.923. The molecule has 1 heterocycles. The van der Waals surface area contributed by atoms with Gasteiger partial charge in [0.15, 0.2) is 9.84 Å². The van der Waals surface area contributed by atoms with Crippen LogP contribution in [0.1, 0.15) is 38.5 Å². The van der Waals surface area contributed by atoms with E-state index in [0.717, 1.165) is 12.8 Å². The molecule has 0 aromatic heterocycles. The van der Waals surface area contributed by atoms with Crippen molar-refractivity contribution in [3.05, 3.63) is 0 Å². The third-order valence-corrected chi connectivity index (χ3v) is 5.97. The highest BCUT2D eigenvalue weighted by molar-refractivity contribution is 7.91. The molecule has 2 rings (SSSR count). The molecule has 2 fully saturated rings. The van der Waals surface area contributed by atoms with Crippen LogP contribution in [-0.4, -0.2) is 56.4 Å². The first-order chi connectivity index (χ1) is 8.98. The molecular weight excluding hydrogens is 264 g/mol. The van der Waals surface area contributed by atoms with Gasteiger partial charge in [-0.2, -0.15) is 0 Å². The minimum Gasteiger partial charge on any atom is -0.343 e. The van der Waals surface area contributed by atoms with E-state index in [9.17, 15) is 13.2 Å². The molecule has 110 valence electrons. The standard InChI is InChI=1S/C13H24N2O3S/c1-15(12-5-3-2-4-6-12)13(16)9-11-10-19(17,18)8-7-14-11/h11-12,14H,2-10H2,1H3. The molecule has 19 heavy (non-hydrogen) atoms. The van der Waals surface area contributed by atoms with E-state index in [1.54, 1.807) is 0 Å². The van der Waals surface area contributed by atoms with Crippen molar-refractivity contribution < 1.29 is 13.2 Å². The summed E-state index contributed by atoms with van der Waals surface area (Å²) in [7, 11) is -1.10. The fourth-order valence-corrected chi connectivity index (χ4v) is 4.47. The van der Waals surface area contributed by atoms with Crippen molar-refractivity contribution in [2.45, 2.75) is 50.6 Å². The van der Waals surface area contributed by atoms with Crippen molar-refractivity contribution in [2.24, 2.45) is 0 Å². The van der Waals surface area contributed by atoms with Crippen molar-refractivity contribution in [1.29, 1.82) is 0 Å². The molecule has 1 unspecified atom stereocenters. The summed E-state index contributed by atoms with van der Waals surface area (Å²) in [5.74, 6) is 0.356. The first-order valence-electron chi connectivity index (χ1n) is 7.17. The van der Waals surface area contributed by atoms with Crippen LogP contribution < -0.4 is 5.32 Å². The average Bonchev–Trinajstić information content (AvgIpc) is 2.37. The molecule has 1 saturated heterocycles. The third kappa shape index (κ3) is 4.18.